The number of nitrogens with one attached hydrogen (secondary N) is 1. The van der Waals surface area contributed by atoms with Crippen LogP contribution in [0.15, 0.2) is 24.4 Å². The number of aromatic nitrogens is 2. The molecule has 0 radical (unpaired) electrons. The van der Waals surface area contributed by atoms with Crippen LogP contribution in [0.3, 0.4) is 0 Å². The first kappa shape index (κ1) is 19.0. The Hall–Kier alpha value is -2.37. The van der Waals surface area contributed by atoms with Crippen molar-refractivity contribution in [2.45, 2.75) is 65.3 Å². The van der Waals surface area contributed by atoms with Gasteiger partial charge in [0, 0.05) is 6.54 Å². The maximum absolute atomic E-state index is 13.2. The quantitative estimate of drug-likeness (QED) is 0.778. The number of ether oxygens (including phenoxy) is 1. The van der Waals surface area contributed by atoms with Crippen LogP contribution in [0, 0.1) is 12.3 Å². The van der Waals surface area contributed by atoms with Gasteiger partial charge in [-0.2, -0.15) is 0 Å². The van der Waals surface area contributed by atoms with Crippen molar-refractivity contribution in [2.75, 3.05) is 6.54 Å². The van der Waals surface area contributed by atoms with Crippen molar-refractivity contribution < 1.29 is 13.9 Å². The van der Waals surface area contributed by atoms with Crippen molar-refractivity contribution in [1.29, 1.82) is 0 Å². The third-order valence-electron chi connectivity index (χ3n) is 5.81. The molecule has 1 aromatic carbocycles. The third-order valence-corrected chi connectivity index (χ3v) is 5.81. The van der Waals surface area contributed by atoms with Crippen LogP contribution in [0.5, 0.6) is 0 Å². The van der Waals surface area contributed by atoms with Gasteiger partial charge in [0.05, 0.1) is 17.9 Å². The van der Waals surface area contributed by atoms with Crippen LogP contribution in [0.25, 0.3) is 11.3 Å². The highest BCUT2D eigenvalue weighted by Crippen LogP contribution is 2.58. The van der Waals surface area contributed by atoms with Gasteiger partial charge in [-0.15, -0.1) is 0 Å². The van der Waals surface area contributed by atoms with Gasteiger partial charge in [-0.1, -0.05) is 12.1 Å². The van der Waals surface area contributed by atoms with Crippen molar-refractivity contribution in [3.05, 3.63) is 41.3 Å². The largest absolute Gasteiger partial charge is 0.444 e. The van der Waals surface area contributed by atoms with Gasteiger partial charge in [0.25, 0.3) is 0 Å². The molecule has 1 atom stereocenters. The molecule has 4 rings (SSSR count). The van der Waals surface area contributed by atoms with Gasteiger partial charge in [0.2, 0.25) is 0 Å². The molecule has 6 heteroatoms. The van der Waals surface area contributed by atoms with E-state index in [2.05, 4.69) is 9.97 Å². The van der Waals surface area contributed by atoms with Crippen molar-refractivity contribution >= 4 is 6.09 Å². The zero-order chi connectivity index (χ0) is 20.1. The summed E-state index contributed by atoms with van der Waals surface area (Å²) in [5.41, 5.74) is 3.06. The summed E-state index contributed by atoms with van der Waals surface area (Å²) < 4.78 is 18.8. The molecule has 2 heterocycles. The summed E-state index contributed by atoms with van der Waals surface area (Å²) in [6, 6.07) is 5.63. The second-order valence-electron chi connectivity index (χ2n) is 9.29. The van der Waals surface area contributed by atoms with Crippen molar-refractivity contribution in [3.8, 4) is 11.3 Å². The number of carbonyl (C=O) groups excluding carboxylic acids is 1. The Kier molecular flexibility index (Phi) is 4.47. The molecule has 2 aliphatic rings. The van der Waals surface area contributed by atoms with E-state index in [-0.39, 0.29) is 17.6 Å². The number of rotatable bonds is 3. The fraction of sp³-hybridized carbons (Fsp3) is 0.545. The Morgan fingerprint density at radius 1 is 1.39 bits per heavy atom. The number of aromatic amines is 1. The molecule has 2 aromatic rings. The van der Waals surface area contributed by atoms with Crippen LogP contribution in [0.1, 0.15) is 63.0 Å². The summed E-state index contributed by atoms with van der Waals surface area (Å²) in [6.45, 7) is 7.79. The Bertz CT molecular complexity index is 895. The molecule has 28 heavy (non-hydrogen) atoms. The molecular formula is C22H28FN3O2. The molecular weight excluding hydrogens is 357 g/mol. The van der Waals surface area contributed by atoms with Gasteiger partial charge in [0.15, 0.2) is 0 Å². The molecule has 1 saturated heterocycles. The monoisotopic (exact) mass is 385 g/mol. The lowest BCUT2D eigenvalue weighted by Crippen LogP contribution is -2.37. The molecule has 150 valence electrons. The minimum atomic E-state index is -0.528. The zero-order valence-electron chi connectivity index (χ0n) is 17.0. The number of nitrogens with zero attached hydrogens (tertiary/aromatic N) is 2. The molecule has 1 aromatic heterocycles. The van der Waals surface area contributed by atoms with E-state index in [9.17, 15) is 9.18 Å². The van der Waals surface area contributed by atoms with Crippen LogP contribution >= 0.6 is 0 Å². The maximum Gasteiger partial charge on any atom is 0.410 e. The first-order chi connectivity index (χ1) is 13.2. The number of aryl methyl sites for hydroxylation is 1. The van der Waals surface area contributed by atoms with E-state index in [0.717, 1.165) is 48.5 Å². The van der Waals surface area contributed by atoms with E-state index in [1.165, 1.54) is 0 Å². The van der Waals surface area contributed by atoms with Crippen LogP contribution < -0.4 is 0 Å². The van der Waals surface area contributed by atoms with Gasteiger partial charge >= 0.3 is 6.09 Å². The zero-order valence-corrected chi connectivity index (χ0v) is 17.0. The van der Waals surface area contributed by atoms with Gasteiger partial charge in [0.1, 0.15) is 18.1 Å². The Morgan fingerprint density at radius 2 is 2.14 bits per heavy atom. The number of carbonyl (C=O) groups is 1. The van der Waals surface area contributed by atoms with E-state index in [1.54, 1.807) is 6.20 Å². The minimum absolute atomic E-state index is 0.114. The summed E-state index contributed by atoms with van der Waals surface area (Å²) in [5, 5.41) is 0. The van der Waals surface area contributed by atoms with Gasteiger partial charge in [-0.3, -0.25) is 4.90 Å². The highest BCUT2D eigenvalue weighted by molar-refractivity contribution is 5.69. The molecule has 0 bridgehead atoms. The number of imidazole rings is 1. The summed E-state index contributed by atoms with van der Waals surface area (Å²) in [6.07, 6.45) is 4.69. The Balaban J connectivity index is 1.60. The number of likely N-dealkylation sites (tertiary alicyclic amines) is 1. The Morgan fingerprint density at radius 3 is 2.79 bits per heavy atom. The summed E-state index contributed by atoms with van der Waals surface area (Å²) in [4.78, 5) is 22.5. The number of H-pyrrole nitrogens is 1. The van der Waals surface area contributed by atoms with Crippen molar-refractivity contribution in [3.63, 3.8) is 0 Å². The third kappa shape index (κ3) is 3.64. The van der Waals surface area contributed by atoms with E-state index < -0.39 is 12.3 Å². The predicted octanol–water partition coefficient (Wildman–Crippen LogP) is 5.32. The van der Waals surface area contributed by atoms with Crippen molar-refractivity contribution in [2.24, 2.45) is 5.41 Å². The number of benzene rings is 1. The predicted molar refractivity (Wildman–Crippen MR) is 106 cm³/mol. The van der Waals surface area contributed by atoms with Crippen molar-refractivity contribution in [1.82, 2.24) is 14.9 Å². The molecule has 1 aliphatic carbocycles. The number of halogens is 1. The second-order valence-corrected chi connectivity index (χ2v) is 9.29. The number of amides is 1. The number of alkyl halides is 1. The van der Waals surface area contributed by atoms with Gasteiger partial charge in [-0.05, 0) is 75.1 Å². The van der Waals surface area contributed by atoms with E-state index >= 15 is 0 Å². The normalized spacial score (nSPS) is 20.6. The smallest absolute Gasteiger partial charge is 0.410 e. The second kappa shape index (κ2) is 6.61. The SMILES string of the molecule is Cc1ccc(-c2cnc(C3CC4(CC4)CN3C(=O)OC(C)(C)C)[nH]2)cc1CF. The molecule has 2 fully saturated rings. The van der Waals surface area contributed by atoms with E-state index in [0.29, 0.717) is 5.56 Å². The fourth-order valence-corrected chi connectivity index (χ4v) is 3.99. The maximum atomic E-state index is 13.2. The molecule has 1 spiro atoms. The molecule has 1 amide bonds. The fourth-order valence-electron chi connectivity index (χ4n) is 3.99. The lowest BCUT2D eigenvalue weighted by molar-refractivity contribution is 0.0212. The Labute approximate surface area is 165 Å². The average molecular weight is 385 g/mol. The highest BCUT2D eigenvalue weighted by atomic mass is 19.1. The summed E-state index contributed by atoms with van der Waals surface area (Å²) in [7, 11) is 0. The highest BCUT2D eigenvalue weighted by Gasteiger charge is 2.55. The van der Waals surface area contributed by atoms with Crippen LogP contribution in [-0.4, -0.2) is 33.1 Å². The van der Waals surface area contributed by atoms with Gasteiger partial charge < -0.3 is 9.72 Å². The lowest BCUT2D eigenvalue weighted by Gasteiger charge is -2.27. The van der Waals surface area contributed by atoms with E-state index in [1.807, 2.05) is 50.8 Å². The average Bonchev–Trinajstić information content (AvgIpc) is 3.04. The summed E-state index contributed by atoms with van der Waals surface area (Å²) in [5.74, 6) is 0.770. The van der Waals surface area contributed by atoms with Crippen LogP contribution in [-0.2, 0) is 11.4 Å². The molecule has 1 saturated carbocycles. The molecule has 5 nitrogen and oxygen atoms in total. The summed E-state index contributed by atoms with van der Waals surface area (Å²) >= 11 is 0. The molecule has 1 unspecified atom stereocenters. The first-order valence-corrected chi connectivity index (χ1v) is 9.90. The minimum Gasteiger partial charge on any atom is -0.444 e. The number of hydrogen-bond donors (Lipinski definition) is 1. The standard InChI is InChI=1S/C22H28FN3O2/c1-14-5-6-15(9-16(14)11-23)17-12-24-19(25-17)18-10-22(7-8-22)13-26(18)20(27)28-21(2,3)4/h5-6,9,12,18H,7-8,10-11,13H2,1-4H3,(H,24,25). The molecule has 1 aliphatic heterocycles. The van der Waals surface area contributed by atoms with Gasteiger partial charge in [-0.25, -0.2) is 14.2 Å². The molecule has 1 N–H and O–H groups in total. The van der Waals surface area contributed by atoms with Crippen LogP contribution in [0.4, 0.5) is 9.18 Å². The topological polar surface area (TPSA) is 58.2 Å². The number of hydrogen-bond acceptors (Lipinski definition) is 3. The van der Waals surface area contributed by atoms with Crippen LogP contribution in [0.2, 0.25) is 0 Å². The lowest BCUT2D eigenvalue weighted by atomic mass is 10.0. The first-order valence-electron chi connectivity index (χ1n) is 9.90. The van der Waals surface area contributed by atoms with E-state index in [4.69, 9.17) is 4.74 Å².